The van der Waals surface area contributed by atoms with Gasteiger partial charge in [0.05, 0.1) is 30.3 Å². The minimum absolute atomic E-state index is 0.00228. The monoisotopic (exact) mass is 511 g/mol. The number of esters is 1. The van der Waals surface area contributed by atoms with Crippen LogP contribution in [0.15, 0.2) is 71.1 Å². The molecule has 1 N–H and O–H groups in total. The van der Waals surface area contributed by atoms with Crippen molar-refractivity contribution in [3.8, 4) is 0 Å². The van der Waals surface area contributed by atoms with Crippen molar-refractivity contribution >= 4 is 11.9 Å². The SMILES string of the molecule is CC1=C(C(=O)O)C(c2cccc(F)c2F)C(C(=O)OC2CCCC2)=C(C)N1CCOCc1ccccc1. The molecule has 1 aliphatic heterocycles. The van der Waals surface area contributed by atoms with E-state index in [-0.39, 0.29) is 36.0 Å². The smallest absolute Gasteiger partial charge is 0.337 e. The Hall–Kier alpha value is -3.52. The van der Waals surface area contributed by atoms with Crippen molar-refractivity contribution in [2.75, 3.05) is 13.2 Å². The maximum atomic E-state index is 15.0. The first-order chi connectivity index (χ1) is 17.8. The number of halogens is 2. The lowest BCUT2D eigenvalue weighted by atomic mass is 9.79. The first kappa shape index (κ1) is 26.5. The fraction of sp³-hybridized carbons (Fsp3) is 0.379. The van der Waals surface area contributed by atoms with Gasteiger partial charge in [-0.3, -0.25) is 0 Å². The molecule has 2 aromatic rings. The van der Waals surface area contributed by atoms with Gasteiger partial charge in [0.15, 0.2) is 11.6 Å². The van der Waals surface area contributed by atoms with Crippen LogP contribution in [0.1, 0.15) is 56.6 Å². The summed E-state index contributed by atoms with van der Waals surface area (Å²) in [5, 5.41) is 10.2. The van der Waals surface area contributed by atoms with E-state index >= 15 is 4.39 Å². The lowest BCUT2D eigenvalue weighted by Crippen LogP contribution is -2.37. The van der Waals surface area contributed by atoms with E-state index < -0.39 is 29.5 Å². The van der Waals surface area contributed by atoms with E-state index in [2.05, 4.69) is 0 Å². The van der Waals surface area contributed by atoms with Crippen molar-refractivity contribution in [1.29, 1.82) is 0 Å². The molecule has 1 saturated carbocycles. The summed E-state index contributed by atoms with van der Waals surface area (Å²) in [6.45, 7) is 4.17. The molecule has 196 valence electrons. The molecule has 0 aromatic heterocycles. The highest BCUT2D eigenvalue weighted by atomic mass is 19.2. The van der Waals surface area contributed by atoms with Crippen LogP contribution in [0.4, 0.5) is 8.78 Å². The Morgan fingerprint density at radius 2 is 1.65 bits per heavy atom. The molecule has 1 atom stereocenters. The van der Waals surface area contributed by atoms with Gasteiger partial charge in [0.1, 0.15) is 6.10 Å². The van der Waals surface area contributed by atoms with E-state index in [0.717, 1.165) is 37.3 Å². The summed E-state index contributed by atoms with van der Waals surface area (Å²) in [6, 6.07) is 13.2. The largest absolute Gasteiger partial charge is 0.478 e. The molecule has 0 saturated heterocycles. The standard InChI is InChI=1S/C29H31F2NO5/c1-18-24(28(33)34)26(22-13-8-14-23(30)27(22)31)25(29(35)37-21-11-6-7-12-21)19(2)32(18)15-16-36-17-20-9-4-3-5-10-20/h3-5,8-10,13-14,21,26H,6-7,11-12,15-17H2,1-2H3,(H,33,34). The molecule has 0 spiro atoms. The van der Waals surface area contributed by atoms with Gasteiger partial charge in [-0.1, -0.05) is 42.5 Å². The minimum atomic E-state index is -1.32. The maximum Gasteiger partial charge on any atom is 0.337 e. The second-order valence-corrected chi connectivity index (χ2v) is 9.38. The second-order valence-electron chi connectivity index (χ2n) is 9.38. The number of carboxylic acids is 1. The Morgan fingerprint density at radius 3 is 2.32 bits per heavy atom. The molecule has 6 nitrogen and oxygen atoms in total. The zero-order valence-electron chi connectivity index (χ0n) is 21.0. The average Bonchev–Trinajstić information content (AvgIpc) is 3.38. The molecule has 8 heteroatoms. The van der Waals surface area contributed by atoms with Gasteiger partial charge < -0.3 is 19.5 Å². The fourth-order valence-corrected chi connectivity index (χ4v) is 5.18. The highest BCUT2D eigenvalue weighted by Gasteiger charge is 2.42. The van der Waals surface area contributed by atoms with Crippen LogP contribution in [0.2, 0.25) is 0 Å². The summed E-state index contributed by atoms with van der Waals surface area (Å²) < 4.78 is 40.8. The summed E-state index contributed by atoms with van der Waals surface area (Å²) >= 11 is 0. The van der Waals surface area contributed by atoms with E-state index in [4.69, 9.17) is 9.47 Å². The third-order valence-corrected chi connectivity index (χ3v) is 7.06. The van der Waals surface area contributed by atoms with Gasteiger partial charge in [-0.15, -0.1) is 0 Å². The summed E-state index contributed by atoms with van der Waals surface area (Å²) in [5.74, 6) is -5.64. The van der Waals surface area contributed by atoms with Crippen LogP contribution in [0.3, 0.4) is 0 Å². The predicted molar refractivity (Wildman–Crippen MR) is 133 cm³/mol. The summed E-state index contributed by atoms with van der Waals surface area (Å²) in [4.78, 5) is 27.7. The molecule has 2 aromatic carbocycles. The first-order valence-electron chi connectivity index (χ1n) is 12.5. The molecule has 37 heavy (non-hydrogen) atoms. The zero-order valence-corrected chi connectivity index (χ0v) is 21.0. The molecule has 1 aliphatic carbocycles. The number of rotatable bonds is 9. The number of hydrogen-bond acceptors (Lipinski definition) is 5. The Morgan fingerprint density at radius 1 is 0.973 bits per heavy atom. The highest BCUT2D eigenvalue weighted by molar-refractivity contribution is 5.99. The fourth-order valence-electron chi connectivity index (χ4n) is 5.18. The van der Waals surface area contributed by atoms with Gasteiger partial charge in [0.2, 0.25) is 0 Å². The van der Waals surface area contributed by atoms with Crippen LogP contribution in [0.25, 0.3) is 0 Å². The molecule has 1 unspecified atom stereocenters. The molecule has 0 amide bonds. The Balaban J connectivity index is 1.70. The molecule has 0 bridgehead atoms. The van der Waals surface area contributed by atoms with Crippen molar-refractivity contribution in [3.63, 3.8) is 0 Å². The van der Waals surface area contributed by atoms with Gasteiger partial charge >= 0.3 is 11.9 Å². The van der Waals surface area contributed by atoms with E-state index in [1.54, 1.807) is 18.7 Å². The average molecular weight is 512 g/mol. The van der Waals surface area contributed by atoms with Gasteiger partial charge in [0.25, 0.3) is 0 Å². The van der Waals surface area contributed by atoms with Crippen LogP contribution < -0.4 is 0 Å². The van der Waals surface area contributed by atoms with Crippen molar-refractivity contribution in [1.82, 2.24) is 4.90 Å². The lowest BCUT2D eigenvalue weighted by Gasteiger charge is -2.37. The van der Waals surface area contributed by atoms with Crippen LogP contribution in [0.5, 0.6) is 0 Å². The van der Waals surface area contributed by atoms with Gasteiger partial charge in [-0.2, -0.15) is 0 Å². The summed E-state index contributed by atoms with van der Waals surface area (Å²) in [7, 11) is 0. The van der Waals surface area contributed by atoms with Crippen molar-refractivity contribution in [2.24, 2.45) is 0 Å². The van der Waals surface area contributed by atoms with Crippen LogP contribution in [-0.4, -0.2) is 41.2 Å². The van der Waals surface area contributed by atoms with Gasteiger partial charge in [0, 0.05) is 23.5 Å². The Kier molecular flexibility index (Phi) is 8.38. The third kappa shape index (κ3) is 5.74. The number of allylic oxidation sites excluding steroid dienone is 2. The lowest BCUT2D eigenvalue weighted by molar-refractivity contribution is -0.144. The second kappa shape index (κ2) is 11.7. The Labute approximate surface area is 215 Å². The Bertz CT molecular complexity index is 1220. The first-order valence-corrected chi connectivity index (χ1v) is 12.5. The number of benzene rings is 2. The number of nitrogens with zero attached hydrogens (tertiary/aromatic N) is 1. The van der Waals surface area contributed by atoms with Gasteiger partial charge in [-0.25, -0.2) is 18.4 Å². The molecule has 0 radical (unpaired) electrons. The number of ether oxygens (including phenoxy) is 2. The van der Waals surface area contributed by atoms with E-state index in [1.165, 1.54) is 12.1 Å². The molecular formula is C29H31F2NO5. The molecule has 1 heterocycles. The third-order valence-electron chi connectivity index (χ3n) is 7.06. The molecular weight excluding hydrogens is 480 g/mol. The number of carboxylic acid groups (broad SMARTS) is 1. The van der Waals surface area contributed by atoms with E-state index in [9.17, 15) is 19.1 Å². The molecule has 2 aliphatic rings. The number of carbonyl (C=O) groups is 2. The van der Waals surface area contributed by atoms with Crippen LogP contribution >= 0.6 is 0 Å². The van der Waals surface area contributed by atoms with E-state index in [0.29, 0.717) is 18.0 Å². The summed E-state index contributed by atoms with van der Waals surface area (Å²) in [5.41, 5.74) is 1.35. The quantitative estimate of drug-likeness (QED) is 0.344. The topological polar surface area (TPSA) is 76.1 Å². The minimum Gasteiger partial charge on any atom is -0.478 e. The van der Waals surface area contributed by atoms with Crippen LogP contribution in [0, 0.1) is 11.6 Å². The van der Waals surface area contributed by atoms with Crippen molar-refractivity contribution in [2.45, 2.75) is 58.2 Å². The van der Waals surface area contributed by atoms with Gasteiger partial charge in [-0.05, 0) is 51.2 Å². The molecule has 4 rings (SSSR count). The maximum absolute atomic E-state index is 15.0. The molecule has 1 fully saturated rings. The number of aliphatic carboxylic acids is 1. The number of carbonyl (C=O) groups excluding carboxylic acids is 1. The highest BCUT2D eigenvalue weighted by Crippen LogP contribution is 2.44. The predicted octanol–water partition coefficient (Wildman–Crippen LogP) is 5.70. The normalized spacial score (nSPS) is 18.5. The van der Waals surface area contributed by atoms with Crippen molar-refractivity contribution in [3.05, 3.63) is 93.8 Å². The summed E-state index contributed by atoms with van der Waals surface area (Å²) in [6.07, 6.45) is 3.02. The number of hydrogen-bond donors (Lipinski definition) is 1. The van der Waals surface area contributed by atoms with E-state index in [1.807, 2.05) is 30.3 Å². The van der Waals surface area contributed by atoms with Crippen LogP contribution in [-0.2, 0) is 25.7 Å². The zero-order chi connectivity index (χ0) is 26.5. The van der Waals surface area contributed by atoms with Crippen molar-refractivity contribution < 1.29 is 33.0 Å².